The lowest BCUT2D eigenvalue weighted by Crippen LogP contribution is -2.58. The zero-order chi connectivity index (χ0) is 13.0. The summed E-state index contributed by atoms with van der Waals surface area (Å²) in [6.45, 7) is 5.39. The lowest BCUT2D eigenvalue weighted by Gasteiger charge is -2.53. The van der Waals surface area contributed by atoms with Gasteiger partial charge >= 0.3 is 0 Å². The largest absolute Gasteiger partial charge is 0.392 e. The quantitative estimate of drug-likeness (QED) is 0.806. The minimum atomic E-state index is -0.0953. The van der Waals surface area contributed by atoms with Crippen molar-refractivity contribution in [3.8, 4) is 0 Å². The maximum atomic E-state index is 10.2. The average molecular weight is 254 g/mol. The molecule has 2 fully saturated rings. The first-order valence-electron chi connectivity index (χ1n) is 7.98. The van der Waals surface area contributed by atoms with Crippen molar-refractivity contribution in [2.75, 3.05) is 6.61 Å². The molecule has 2 aliphatic carbocycles. The van der Waals surface area contributed by atoms with Crippen molar-refractivity contribution in [2.24, 2.45) is 11.3 Å². The van der Waals surface area contributed by atoms with E-state index in [-0.39, 0.29) is 11.5 Å². The summed E-state index contributed by atoms with van der Waals surface area (Å²) in [5.41, 5.74) is 0.127. The van der Waals surface area contributed by atoms with Crippen LogP contribution in [-0.2, 0) is 4.74 Å². The van der Waals surface area contributed by atoms with E-state index in [1.165, 1.54) is 51.4 Å². The molecule has 0 radical (unpaired) electrons. The second-order valence-electron chi connectivity index (χ2n) is 6.61. The molecule has 0 aromatic heterocycles. The van der Waals surface area contributed by atoms with E-state index in [4.69, 9.17) is 4.74 Å². The Labute approximate surface area is 112 Å². The number of rotatable bonds is 5. The molecule has 0 aromatic carbocycles. The Morgan fingerprint density at radius 2 is 1.89 bits per heavy atom. The second-order valence-corrected chi connectivity index (χ2v) is 6.61. The Morgan fingerprint density at radius 1 is 1.22 bits per heavy atom. The molecule has 0 aliphatic heterocycles. The third kappa shape index (κ3) is 2.91. The van der Waals surface area contributed by atoms with Gasteiger partial charge in [-0.3, -0.25) is 0 Å². The molecule has 106 valence electrons. The smallest absolute Gasteiger partial charge is 0.0681 e. The predicted molar refractivity (Wildman–Crippen MR) is 74.6 cm³/mol. The molecule has 3 unspecified atom stereocenters. The van der Waals surface area contributed by atoms with Crippen molar-refractivity contribution >= 4 is 0 Å². The van der Waals surface area contributed by atoms with Gasteiger partial charge in [-0.1, -0.05) is 46.0 Å². The highest BCUT2D eigenvalue weighted by Gasteiger charge is 2.54. The summed E-state index contributed by atoms with van der Waals surface area (Å²) in [5.74, 6) is 0.663. The molecule has 1 spiro atoms. The highest BCUT2D eigenvalue weighted by molar-refractivity contribution is 5.04. The van der Waals surface area contributed by atoms with Gasteiger partial charge in [0.2, 0.25) is 0 Å². The maximum Gasteiger partial charge on any atom is 0.0681 e. The summed E-state index contributed by atoms with van der Waals surface area (Å²) >= 11 is 0. The van der Waals surface area contributed by atoms with E-state index in [2.05, 4.69) is 13.8 Å². The number of hydrogen-bond acceptors (Lipinski definition) is 2. The number of ether oxygens (including phenoxy) is 1. The van der Waals surface area contributed by atoms with Gasteiger partial charge in [0.05, 0.1) is 12.2 Å². The molecule has 2 saturated carbocycles. The zero-order valence-corrected chi connectivity index (χ0v) is 12.2. The van der Waals surface area contributed by atoms with Gasteiger partial charge in [0, 0.05) is 18.4 Å². The molecule has 0 bridgehead atoms. The number of hydrogen-bond donors (Lipinski definition) is 1. The highest BCUT2D eigenvalue weighted by atomic mass is 16.5. The summed E-state index contributed by atoms with van der Waals surface area (Å²) in [6.07, 6.45) is 11.2. The fourth-order valence-electron chi connectivity index (χ4n) is 3.86. The molecule has 1 N–H and O–H groups in total. The SMILES string of the molecule is CCCC(C)COC1CC(O)C12CCCCCC2. The minimum Gasteiger partial charge on any atom is -0.392 e. The Balaban J connectivity index is 1.85. The van der Waals surface area contributed by atoms with Gasteiger partial charge in [-0.15, -0.1) is 0 Å². The number of aliphatic hydroxyl groups is 1. The molecule has 0 aromatic rings. The van der Waals surface area contributed by atoms with Crippen molar-refractivity contribution in [2.45, 2.75) is 83.8 Å². The Bertz CT molecular complexity index is 243. The molecule has 0 heterocycles. The van der Waals surface area contributed by atoms with Gasteiger partial charge in [0.25, 0.3) is 0 Å². The van der Waals surface area contributed by atoms with Crippen LogP contribution in [0, 0.1) is 11.3 Å². The summed E-state index contributed by atoms with van der Waals surface area (Å²) in [6, 6.07) is 0. The summed E-state index contributed by atoms with van der Waals surface area (Å²) in [7, 11) is 0. The van der Waals surface area contributed by atoms with Crippen LogP contribution >= 0.6 is 0 Å². The van der Waals surface area contributed by atoms with Crippen LogP contribution in [0.4, 0.5) is 0 Å². The molecule has 2 heteroatoms. The first-order chi connectivity index (χ1) is 8.69. The fraction of sp³-hybridized carbons (Fsp3) is 1.00. The molecule has 2 aliphatic rings. The molecular weight excluding hydrogens is 224 g/mol. The highest BCUT2D eigenvalue weighted by Crippen LogP contribution is 2.52. The molecule has 0 saturated heterocycles. The van der Waals surface area contributed by atoms with E-state index in [1.807, 2.05) is 0 Å². The minimum absolute atomic E-state index is 0.0953. The Hall–Kier alpha value is -0.0800. The van der Waals surface area contributed by atoms with Gasteiger partial charge in [0.1, 0.15) is 0 Å². The van der Waals surface area contributed by atoms with Crippen LogP contribution in [0.5, 0.6) is 0 Å². The van der Waals surface area contributed by atoms with Crippen LogP contribution in [-0.4, -0.2) is 23.9 Å². The van der Waals surface area contributed by atoms with Crippen LogP contribution in [0.1, 0.15) is 71.6 Å². The van der Waals surface area contributed by atoms with E-state index >= 15 is 0 Å². The molecule has 2 rings (SSSR count). The average Bonchev–Trinajstić information content (AvgIpc) is 2.62. The van der Waals surface area contributed by atoms with Crippen molar-refractivity contribution < 1.29 is 9.84 Å². The predicted octanol–water partition coefficient (Wildman–Crippen LogP) is 3.91. The zero-order valence-electron chi connectivity index (χ0n) is 12.2. The summed E-state index contributed by atoms with van der Waals surface area (Å²) in [4.78, 5) is 0. The van der Waals surface area contributed by atoms with Crippen LogP contribution in [0.25, 0.3) is 0 Å². The van der Waals surface area contributed by atoms with Gasteiger partial charge in [-0.2, -0.15) is 0 Å². The fourth-order valence-corrected chi connectivity index (χ4v) is 3.86. The third-order valence-corrected chi connectivity index (χ3v) is 5.14. The molecule has 2 nitrogen and oxygen atoms in total. The van der Waals surface area contributed by atoms with Crippen LogP contribution < -0.4 is 0 Å². The lowest BCUT2D eigenvalue weighted by molar-refractivity contribution is -0.202. The Kier molecular flexibility index (Phi) is 5.08. The van der Waals surface area contributed by atoms with Crippen LogP contribution in [0.3, 0.4) is 0 Å². The second kappa shape index (κ2) is 6.38. The van der Waals surface area contributed by atoms with Crippen molar-refractivity contribution in [1.29, 1.82) is 0 Å². The maximum absolute atomic E-state index is 10.2. The van der Waals surface area contributed by atoms with Crippen molar-refractivity contribution in [3.63, 3.8) is 0 Å². The summed E-state index contributed by atoms with van der Waals surface area (Å²) in [5, 5.41) is 10.2. The monoisotopic (exact) mass is 254 g/mol. The van der Waals surface area contributed by atoms with Gasteiger partial charge in [-0.25, -0.2) is 0 Å². The van der Waals surface area contributed by atoms with Crippen molar-refractivity contribution in [1.82, 2.24) is 0 Å². The Morgan fingerprint density at radius 3 is 2.44 bits per heavy atom. The van der Waals surface area contributed by atoms with E-state index in [9.17, 15) is 5.11 Å². The molecule has 3 atom stereocenters. The molecule has 18 heavy (non-hydrogen) atoms. The number of aliphatic hydroxyl groups excluding tert-OH is 1. The van der Waals surface area contributed by atoms with E-state index in [1.54, 1.807) is 0 Å². The van der Waals surface area contributed by atoms with Crippen LogP contribution in [0.15, 0.2) is 0 Å². The van der Waals surface area contributed by atoms with Gasteiger partial charge in [-0.05, 0) is 25.2 Å². The topological polar surface area (TPSA) is 29.5 Å². The van der Waals surface area contributed by atoms with Gasteiger partial charge < -0.3 is 9.84 Å². The van der Waals surface area contributed by atoms with Gasteiger partial charge in [0.15, 0.2) is 0 Å². The molecule has 0 amide bonds. The molecular formula is C16H30O2. The third-order valence-electron chi connectivity index (χ3n) is 5.14. The van der Waals surface area contributed by atoms with E-state index in [0.29, 0.717) is 12.0 Å². The van der Waals surface area contributed by atoms with E-state index in [0.717, 1.165) is 13.0 Å². The normalized spacial score (nSPS) is 32.8. The van der Waals surface area contributed by atoms with Crippen LogP contribution in [0.2, 0.25) is 0 Å². The van der Waals surface area contributed by atoms with E-state index < -0.39 is 0 Å². The first-order valence-corrected chi connectivity index (χ1v) is 7.98. The first kappa shape index (κ1) is 14.3. The van der Waals surface area contributed by atoms with Crippen molar-refractivity contribution in [3.05, 3.63) is 0 Å². The summed E-state index contributed by atoms with van der Waals surface area (Å²) < 4.78 is 6.15. The standard InChI is InChI=1S/C16H30O2/c1-3-8-13(2)12-18-15-11-14(17)16(15)9-6-4-5-7-10-16/h13-15,17H,3-12H2,1-2H3. The lowest BCUT2D eigenvalue weighted by atomic mass is 9.59.